The fourth-order valence-electron chi connectivity index (χ4n) is 3.14. The molecule has 1 amide bonds. The molecule has 2 aliphatic rings. The zero-order valence-electron chi connectivity index (χ0n) is 16.2. The molecule has 0 radical (unpaired) electrons. The zero-order valence-corrected chi connectivity index (χ0v) is 16.2. The molecule has 1 saturated heterocycles. The number of ether oxygens (including phenoxy) is 3. The van der Waals surface area contributed by atoms with Crippen molar-refractivity contribution in [3.63, 3.8) is 0 Å². The Morgan fingerprint density at radius 1 is 1.16 bits per heavy atom. The van der Waals surface area contributed by atoms with Gasteiger partial charge in [0, 0.05) is 18.2 Å². The number of hydrogen-bond donors (Lipinski definition) is 0. The molecule has 0 aromatic heterocycles. The Kier molecular flexibility index (Phi) is 6.77. The third-order valence-corrected chi connectivity index (χ3v) is 4.35. The summed E-state index contributed by atoms with van der Waals surface area (Å²) in [5.41, 5.74) is 0.673. The minimum Gasteiger partial charge on any atom is -0.376 e. The van der Waals surface area contributed by atoms with Gasteiger partial charge in [-0.2, -0.15) is 0 Å². The Morgan fingerprint density at radius 3 is 2.40 bits per heavy atom. The van der Waals surface area contributed by atoms with Gasteiger partial charge in [-0.25, -0.2) is 0 Å². The summed E-state index contributed by atoms with van der Waals surface area (Å²) in [5, 5.41) is 0. The number of carbonyl (C=O) groups is 2. The second-order valence-corrected chi connectivity index (χ2v) is 7.61. The van der Waals surface area contributed by atoms with Gasteiger partial charge in [0.2, 0.25) is 5.91 Å². The summed E-state index contributed by atoms with van der Waals surface area (Å²) in [5.74, 6) is -0.232. The van der Waals surface area contributed by atoms with Crippen LogP contribution in [0.4, 0.5) is 0 Å². The maximum absolute atomic E-state index is 12.4. The molecule has 3 unspecified atom stereocenters. The zero-order chi connectivity index (χ0) is 18.7. The summed E-state index contributed by atoms with van der Waals surface area (Å²) in [7, 11) is 0. The Balaban J connectivity index is 2.15. The first-order valence-corrected chi connectivity index (χ1v) is 9.17. The number of hydrogen-bond acceptors (Lipinski definition) is 5. The van der Waals surface area contributed by atoms with Crippen LogP contribution >= 0.6 is 0 Å². The van der Waals surface area contributed by atoms with Crippen LogP contribution in [0, 0.1) is 5.92 Å². The van der Waals surface area contributed by atoms with E-state index in [-0.39, 0.29) is 48.4 Å². The van der Waals surface area contributed by atoms with Gasteiger partial charge in [0.15, 0.2) is 5.78 Å². The predicted octanol–water partition coefficient (Wildman–Crippen LogP) is 2.66. The van der Waals surface area contributed by atoms with E-state index in [1.807, 2.05) is 41.5 Å². The molecule has 0 spiro atoms. The lowest BCUT2D eigenvalue weighted by atomic mass is 9.95. The highest BCUT2D eigenvalue weighted by atomic mass is 16.6. The molecule has 0 aliphatic carbocycles. The summed E-state index contributed by atoms with van der Waals surface area (Å²) < 4.78 is 17.8. The third-order valence-electron chi connectivity index (χ3n) is 4.35. The van der Waals surface area contributed by atoms with E-state index >= 15 is 0 Å². The maximum atomic E-state index is 12.4. The minimum atomic E-state index is -0.418. The quantitative estimate of drug-likeness (QED) is 0.659. The van der Waals surface area contributed by atoms with Gasteiger partial charge in [-0.1, -0.05) is 13.8 Å². The van der Waals surface area contributed by atoms with Gasteiger partial charge in [-0.15, -0.1) is 0 Å². The van der Waals surface area contributed by atoms with Crippen LogP contribution in [0.5, 0.6) is 0 Å². The minimum absolute atomic E-state index is 0.0642. The Labute approximate surface area is 150 Å². The molecule has 2 heterocycles. The molecule has 0 aromatic rings. The van der Waals surface area contributed by atoms with Gasteiger partial charge in [0.25, 0.3) is 0 Å². The molecule has 1 fully saturated rings. The molecule has 25 heavy (non-hydrogen) atoms. The lowest BCUT2D eigenvalue weighted by Gasteiger charge is -2.30. The van der Waals surface area contributed by atoms with Gasteiger partial charge in [-0.05, 0) is 33.6 Å². The monoisotopic (exact) mass is 353 g/mol. The van der Waals surface area contributed by atoms with Crippen LogP contribution in [-0.4, -0.2) is 53.8 Å². The molecule has 2 rings (SSSR count). The van der Waals surface area contributed by atoms with Gasteiger partial charge in [0.05, 0.1) is 31.3 Å². The van der Waals surface area contributed by atoms with E-state index in [1.54, 1.807) is 11.1 Å². The fraction of sp³-hybridized carbons (Fsp3) is 0.789. The highest BCUT2D eigenvalue weighted by Gasteiger charge is 2.42. The van der Waals surface area contributed by atoms with Gasteiger partial charge in [0.1, 0.15) is 12.3 Å². The van der Waals surface area contributed by atoms with Gasteiger partial charge < -0.3 is 14.2 Å². The molecule has 6 nitrogen and oxygen atoms in total. The van der Waals surface area contributed by atoms with Crippen LogP contribution in [0.25, 0.3) is 0 Å². The van der Waals surface area contributed by atoms with Crippen molar-refractivity contribution < 1.29 is 23.8 Å². The maximum Gasteiger partial charge on any atom is 0.236 e. The molecule has 0 bridgehead atoms. The largest absolute Gasteiger partial charge is 0.376 e. The number of rotatable bonds is 7. The van der Waals surface area contributed by atoms with E-state index in [0.717, 1.165) is 0 Å². The summed E-state index contributed by atoms with van der Waals surface area (Å²) in [6.45, 7) is 12.2. The van der Waals surface area contributed by atoms with E-state index in [1.165, 1.54) is 0 Å². The second-order valence-electron chi connectivity index (χ2n) is 7.61. The number of Topliss-reactive ketones (excluding diaryl/α,β-unsaturated/α-hetero) is 1. The standard InChI is InChI=1S/C19H31NO5/c1-11(2)14-9-20(18(22)7-15(14)21)19-8-16(24-13(5)6)17(25-19)10-23-12(3)4/h9,11-13,16-17,19H,7-8,10H2,1-6H3. The SMILES string of the molecule is CC(C)OCC1OC(N2C=C(C(C)C)C(=O)CC2=O)CC1OC(C)C. The van der Waals surface area contributed by atoms with E-state index in [4.69, 9.17) is 14.2 Å². The van der Waals surface area contributed by atoms with Crippen molar-refractivity contribution in [1.29, 1.82) is 0 Å². The molecular weight excluding hydrogens is 322 g/mol. The number of amides is 1. The van der Waals surface area contributed by atoms with Crippen molar-refractivity contribution >= 4 is 11.7 Å². The molecule has 6 heteroatoms. The Bertz CT molecular complexity index is 526. The second kappa shape index (κ2) is 8.43. The fourth-order valence-corrected chi connectivity index (χ4v) is 3.14. The normalized spacial score (nSPS) is 27.8. The van der Waals surface area contributed by atoms with Crippen LogP contribution < -0.4 is 0 Å². The highest BCUT2D eigenvalue weighted by molar-refractivity contribution is 6.09. The van der Waals surface area contributed by atoms with Crippen molar-refractivity contribution in [3.05, 3.63) is 11.8 Å². The van der Waals surface area contributed by atoms with Crippen LogP contribution in [0.2, 0.25) is 0 Å². The Morgan fingerprint density at radius 2 is 1.84 bits per heavy atom. The summed E-state index contributed by atoms with van der Waals surface area (Å²) in [4.78, 5) is 26.0. The van der Waals surface area contributed by atoms with E-state index < -0.39 is 6.23 Å². The van der Waals surface area contributed by atoms with E-state index in [2.05, 4.69) is 0 Å². The molecule has 142 valence electrons. The predicted molar refractivity (Wildman–Crippen MR) is 93.8 cm³/mol. The third kappa shape index (κ3) is 5.12. The van der Waals surface area contributed by atoms with Crippen molar-refractivity contribution in [2.24, 2.45) is 5.92 Å². The molecule has 2 aliphatic heterocycles. The van der Waals surface area contributed by atoms with Crippen LogP contribution in [0.1, 0.15) is 54.4 Å². The number of nitrogens with zero attached hydrogens (tertiary/aromatic N) is 1. The number of carbonyl (C=O) groups excluding carboxylic acids is 2. The molecule has 0 aromatic carbocycles. The summed E-state index contributed by atoms with van der Waals surface area (Å²) >= 11 is 0. The molecule has 3 atom stereocenters. The van der Waals surface area contributed by atoms with Gasteiger partial charge in [-0.3, -0.25) is 14.5 Å². The smallest absolute Gasteiger partial charge is 0.236 e. The summed E-state index contributed by atoms with van der Waals surface area (Å²) in [6.07, 6.45) is 1.54. The van der Waals surface area contributed by atoms with Crippen LogP contribution in [0.15, 0.2) is 11.8 Å². The molecule has 0 N–H and O–H groups in total. The van der Waals surface area contributed by atoms with E-state index in [0.29, 0.717) is 18.6 Å². The first-order chi connectivity index (χ1) is 11.7. The van der Waals surface area contributed by atoms with Crippen molar-refractivity contribution in [3.8, 4) is 0 Å². The topological polar surface area (TPSA) is 65.1 Å². The van der Waals surface area contributed by atoms with Crippen molar-refractivity contribution in [1.82, 2.24) is 4.90 Å². The molecular formula is C19H31NO5. The average Bonchev–Trinajstić information content (AvgIpc) is 2.86. The number of allylic oxidation sites excluding steroid dienone is 1. The van der Waals surface area contributed by atoms with E-state index in [9.17, 15) is 9.59 Å². The molecule has 0 saturated carbocycles. The summed E-state index contributed by atoms with van der Waals surface area (Å²) in [6, 6.07) is 0. The average molecular weight is 353 g/mol. The first-order valence-electron chi connectivity index (χ1n) is 9.17. The number of ketones is 1. The lowest BCUT2D eigenvalue weighted by molar-refractivity contribution is -0.146. The van der Waals surface area contributed by atoms with Crippen LogP contribution in [-0.2, 0) is 23.8 Å². The van der Waals surface area contributed by atoms with Crippen molar-refractivity contribution in [2.75, 3.05) is 6.61 Å². The van der Waals surface area contributed by atoms with Crippen molar-refractivity contribution in [2.45, 2.75) is 85.0 Å². The first kappa shape index (κ1) is 20.1. The Hall–Kier alpha value is -1.24. The van der Waals surface area contributed by atoms with Crippen LogP contribution in [0.3, 0.4) is 0 Å². The highest BCUT2D eigenvalue weighted by Crippen LogP contribution is 2.31. The van der Waals surface area contributed by atoms with Gasteiger partial charge >= 0.3 is 0 Å². The lowest BCUT2D eigenvalue weighted by Crippen LogP contribution is -2.41.